The van der Waals surface area contributed by atoms with Crippen LogP contribution in [0, 0.1) is 0 Å². The van der Waals surface area contributed by atoms with Crippen LogP contribution in [0.4, 0.5) is 0 Å². The quantitative estimate of drug-likeness (QED) is 0.213. The number of hydrogen-bond donors (Lipinski definition) is 0. The molecule has 0 amide bonds. The van der Waals surface area contributed by atoms with Gasteiger partial charge in [-0.05, 0) is 124 Å². The molecule has 42 heavy (non-hydrogen) atoms. The summed E-state index contributed by atoms with van der Waals surface area (Å²) in [6.45, 7) is 0. The topological polar surface area (TPSA) is 0 Å². The molecule has 0 spiro atoms. The van der Waals surface area contributed by atoms with E-state index >= 15 is 0 Å². The molecule has 1 aliphatic rings. The standard InChI is InChI=1S/C42H26/c1-2-7-27(8-3-1)28-13-14-30-22-31(16-15-29(30)21-28)32-17-18-34-24-35(20-19-33(34)23-32)37-25-36-9-6-12-40-38-10-4-5-11-39(38)41(26-37)42(36)40/h1-26H. The Morgan fingerprint density at radius 2 is 0.667 bits per heavy atom. The maximum absolute atomic E-state index is 2.38. The van der Waals surface area contributed by atoms with Crippen molar-refractivity contribution in [1.29, 1.82) is 0 Å². The van der Waals surface area contributed by atoms with Gasteiger partial charge in [-0.15, -0.1) is 0 Å². The van der Waals surface area contributed by atoms with Gasteiger partial charge >= 0.3 is 0 Å². The number of hydrogen-bond acceptors (Lipinski definition) is 0. The lowest BCUT2D eigenvalue weighted by atomic mass is 9.93. The van der Waals surface area contributed by atoms with Gasteiger partial charge in [0, 0.05) is 0 Å². The number of rotatable bonds is 3. The minimum absolute atomic E-state index is 1.24. The summed E-state index contributed by atoms with van der Waals surface area (Å²) in [6, 6.07) is 58.1. The van der Waals surface area contributed by atoms with Crippen LogP contribution in [-0.2, 0) is 0 Å². The molecule has 0 heterocycles. The van der Waals surface area contributed by atoms with Gasteiger partial charge in [0.05, 0.1) is 0 Å². The van der Waals surface area contributed by atoms with Crippen LogP contribution >= 0.6 is 0 Å². The van der Waals surface area contributed by atoms with E-state index in [0.29, 0.717) is 0 Å². The third-order valence-electron chi connectivity index (χ3n) is 8.94. The largest absolute Gasteiger partial charge is 0.0622 e. The molecule has 0 aromatic heterocycles. The van der Waals surface area contributed by atoms with Crippen molar-refractivity contribution in [2.24, 2.45) is 0 Å². The van der Waals surface area contributed by atoms with Crippen molar-refractivity contribution in [3.05, 3.63) is 158 Å². The van der Waals surface area contributed by atoms with Crippen LogP contribution in [0.3, 0.4) is 0 Å². The summed E-state index contributed by atoms with van der Waals surface area (Å²) in [7, 11) is 0. The first-order valence-electron chi connectivity index (χ1n) is 14.6. The average molecular weight is 531 g/mol. The molecule has 0 atom stereocenters. The molecule has 194 valence electrons. The monoisotopic (exact) mass is 530 g/mol. The number of benzene rings is 8. The third-order valence-corrected chi connectivity index (χ3v) is 8.94. The molecular formula is C42H26. The molecule has 0 unspecified atom stereocenters. The molecular weight excluding hydrogens is 504 g/mol. The molecule has 0 saturated heterocycles. The van der Waals surface area contributed by atoms with E-state index in [0.717, 1.165) is 0 Å². The van der Waals surface area contributed by atoms with Crippen LogP contribution in [0.5, 0.6) is 0 Å². The normalized spacial score (nSPS) is 11.8. The average Bonchev–Trinajstić information content (AvgIpc) is 3.39. The van der Waals surface area contributed by atoms with Gasteiger partial charge in [-0.1, -0.05) is 121 Å². The molecule has 0 saturated carbocycles. The lowest BCUT2D eigenvalue weighted by Gasteiger charge is -2.11. The second kappa shape index (κ2) is 9.03. The predicted molar refractivity (Wildman–Crippen MR) is 180 cm³/mol. The molecule has 9 rings (SSSR count). The SMILES string of the molecule is c1ccc(-c2ccc3cc(-c4ccc5cc(-c6cc7c8c(cccc8c6)-c6ccccc6-7)ccc5c4)ccc3c2)cc1. The first-order chi connectivity index (χ1) is 20.8. The molecule has 0 heteroatoms. The molecule has 0 bridgehead atoms. The van der Waals surface area contributed by atoms with Crippen LogP contribution < -0.4 is 0 Å². The maximum Gasteiger partial charge on any atom is -0.00259 e. The highest BCUT2D eigenvalue weighted by atomic mass is 14.2. The van der Waals surface area contributed by atoms with Gasteiger partial charge in [0.25, 0.3) is 0 Å². The van der Waals surface area contributed by atoms with Crippen molar-refractivity contribution >= 4 is 32.3 Å². The second-order valence-corrected chi connectivity index (χ2v) is 11.4. The summed E-state index contributed by atoms with van der Waals surface area (Å²) >= 11 is 0. The van der Waals surface area contributed by atoms with Crippen LogP contribution in [0.15, 0.2) is 158 Å². The summed E-state index contributed by atoms with van der Waals surface area (Å²) in [6.07, 6.45) is 0. The van der Waals surface area contributed by atoms with Gasteiger partial charge < -0.3 is 0 Å². The smallest absolute Gasteiger partial charge is 0.00259 e. The number of fused-ring (bicyclic) bond motifs is 5. The van der Waals surface area contributed by atoms with Crippen LogP contribution in [-0.4, -0.2) is 0 Å². The Bertz CT molecular complexity index is 2340. The first-order valence-corrected chi connectivity index (χ1v) is 14.6. The zero-order valence-corrected chi connectivity index (χ0v) is 23.0. The highest BCUT2D eigenvalue weighted by Crippen LogP contribution is 2.48. The Hall–Kier alpha value is -5.46. The summed E-state index contributed by atoms with van der Waals surface area (Å²) in [4.78, 5) is 0. The molecule has 8 aromatic carbocycles. The highest BCUT2D eigenvalue weighted by Gasteiger charge is 2.21. The van der Waals surface area contributed by atoms with Crippen molar-refractivity contribution in [2.45, 2.75) is 0 Å². The van der Waals surface area contributed by atoms with E-state index in [2.05, 4.69) is 158 Å². The Balaban J connectivity index is 1.08. The fourth-order valence-electron chi connectivity index (χ4n) is 6.82. The summed E-state index contributed by atoms with van der Waals surface area (Å²) in [5.74, 6) is 0. The van der Waals surface area contributed by atoms with Crippen LogP contribution in [0.1, 0.15) is 0 Å². The Morgan fingerprint density at radius 1 is 0.214 bits per heavy atom. The van der Waals surface area contributed by atoms with E-state index in [1.54, 1.807) is 0 Å². The lowest BCUT2D eigenvalue weighted by molar-refractivity contribution is 1.63. The van der Waals surface area contributed by atoms with Crippen LogP contribution in [0.2, 0.25) is 0 Å². The molecule has 0 fully saturated rings. The summed E-state index contributed by atoms with van der Waals surface area (Å²) < 4.78 is 0. The minimum atomic E-state index is 1.24. The van der Waals surface area contributed by atoms with E-state index in [-0.39, 0.29) is 0 Å². The van der Waals surface area contributed by atoms with Gasteiger partial charge in [0.15, 0.2) is 0 Å². The van der Waals surface area contributed by atoms with E-state index in [1.807, 2.05) is 0 Å². The Labute approximate surface area is 245 Å². The summed E-state index contributed by atoms with van der Waals surface area (Å²) in [5, 5.41) is 7.72. The van der Waals surface area contributed by atoms with Gasteiger partial charge in [-0.3, -0.25) is 0 Å². The highest BCUT2D eigenvalue weighted by molar-refractivity contribution is 6.16. The lowest BCUT2D eigenvalue weighted by Crippen LogP contribution is -1.84. The van der Waals surface area contributed by atoms with E-state index < -0.39 is 0 Å². The van der Waals surface area contributed by atoms with E-state index in [9.17, 15) is 0 Å². The molecule has 0 radical (unpaired) electrons. The maximum atomic E-state index is 2.38. The van der Waals surface area contributed by atoms with Crippen molar-refractivity contribution in [1.82, 2.24) is 0 Å². The molecule has 1 aliphatic carbocycles. The van der Waals surface area contributed by atoms with Crippen molar-refractivity contribution in [3.63, 3.8) is 0 Å². The van der Waals surface area contributed by atoms with Crippen molar-refractivity contribution in [3.8, 4) is 55.6 Å². The molecule has 0 N–H and O–H groups in total. The van der Waals surface area contributed by atoms with Gasteiger partial charge in [-0.2, -0.15) is 0 Å². The van der Waals surface area contributed by atoms with E-state index in [1.165, 1.54) is 88.0 Å². The fourth-order valence-corrected chi connectivity index (χ4v) is 6.82. The van der Waals surface area contributed by atoms with Gasteiger partial charge in [-0.25, -0.2) is 0 Å². The predicted octanol–water partition coefficient (Wildman–Crippen LogP) is 11.8. The van der Waals surface area contributed by atoms with Crippen LogP contribution in [0.25, 0.3) is 88.0 Å². The Kier molecular flexibility index (Phi) is 5.00. The zero-order chi connectivity index (χ0) is 27.6. The molecule has 0 aliphatic heterocycles. The van der Waals surface area contributed by atoms with Gasteiger partial charge in [0.2, 0.25) is 0 Å². The molecule has 0 nitrogen and oxygen atoms in total. The van der Waals surface area contributed by atoms with Gasteiger partial charge in [0.1, 0.15) is 0 Å². The Morgan fingerprint density at radius 3 is 1.26 bits per heavy atom. The van der Waals surface area contributed by atoms with Crippen molar-refractivity contribution < 1.29 is 0 Å². The zero-order valence-electron chi connectivity index (χ0n) is 23.0. The van der Waals surface area contributed by atoms with E-state index in [4.69, 9.17) is 0 Å². The second-order valence-electron chi connectivity index (χ2n) is 11.4. The molecule has 8 aromatic rings. The minimum Gasteiger partial charge on any atom is -0.0622 e. The van der Waals surface area contributed by atoms with Crippen molar-refractivity contribution in [2.75, 3.05) is 0 Å². The first kappa shape index (κ1) is 23.3. The fraction of sp³-hybridized carbons (Fsp3) is 0. The third kappa shape index (κ3) is 3.62. The summed E-state index contributed by atoms with van der Waals surface area (Å²) in [5.41, 5.74) is 12.9.